The molecule has 0 aliphatic carbocycles. The second-order valence-electron chi connectivity index (χ2n) is 8.10. The fourth-order valence-electron chi connectivity index (χ4n) is 4.45. The van der Waals surface area contributed by atoms with Crippen LogP contribution in [0.4, 0.5) is 5.69 Å². The maximum atomic E-state index is 13.3. The molecule has 172 valence electrons. The van der Waals surface area contributed by atoms with E-state index in [-0.39, 0.29) is 35.2 Å². The van der Waals surface area contributed by atoms with E-state index < -0.39 is 34.9 Å². The number of para-hydroxylation sites is 1. The molecule has 2 atom stereocenters. The number of aliphatic hydroxyl groups excluding tert-OH is 1. The summed E-state index contributed by atoms with van der Waals surface area (Å²) in [4.78, 5) is 46.6. The molecule has 0 amide bonds. The maximum Gasteiger partial charge on any atom is 0.340 e. The summed E-state index contributed by atoms with van der Waals surface area (Å²) < 4.78 is 11.2. The minimum atomic E-state index is -1.94. The second-order valence-corrected chi connectivity index (χ2v) is 8.10. The Kier molecular flexibility index (Phi) is 4.47. The van der Waals surface area contributed by atoms with Crippen LogP contribution in [-0.2, 0) is 32.3 Å². The highest BCUT2D eigenvalue weighted by atomic mass is 16.7. The molecule has 0 radical (unpaired) electrons. The minimum absolute atomic E-state index is 0.00736. The minimum Gasteiger partial charge on any atom is -0.458 e. The smallest absolute Gasteiger partial charge is 0.340 e. The first-order valence-corrected chi connectivity index (χ1v) is 10.4. The van der Waals surface area contributed by atoms with Crippen LogP contribution in [-0.4, -0.2) is 51.1 Å². The standard InChI is InChI=1S/C22H16N4O8/c27-20-16-14(9-33-22(20)29)21(28)25-6-13-12(5-23-34-8-10-7-32-10)11-3-1-2-4-15(11)24-17(13)19(25)18(16)26(30)31/h1-5,10,20,27H,6-9H2/b23-5+. The van der Waals surface area contributed by atoms with Crippen molar-refractivity contribution in [1.82, 2.24) is 9.55 Å². The third kappa shape index (κ3) is 2.99. The van der Waals surface area contributed by atoms with Gasteiger partial charge in [-0.15, -0.1) is 0 Å². The molecule has 1 aromatic carbocycles. The molecule has 0 spiro atoms. The van der Waals surface area contributed by atoms with E-state index in [9.17, 15) is 24.8 Å². The SMILES string of the molecule is O=C1OCc2c(c([N+](=O)[O-])c3n(c2=O)Cc2c-3nc3ccccc3c2/C=N/OCC2CO2)C1O. The molecular weight excluding hydrogens is 448 g/mol. The van der Waals surface area contributed by atoms with E-state index in [1.165, 1.54) is 10.8 Å². The number of hydrogen-bond donors (Lipinski definition) is 1. The Bertz CT molecular complexity index is 1490. The number of fused-ring (bicyclic) bond motifs is 5. The van der Waals surface area contributed by atoms with E-state index in [1.54, 1.807) is 12.1 Å². The molecule has 0 saturated carbocycles. The first-order valence-electron chi connectivity index (χ1n) is 10.4. The van der Waals surface area contributed by atoms with Crippen LogP contribution in [0.5, 0.6) is 0 Å². The van der Waals surface area contributed by atoms with Gasteiger partial charge in [0.15, 0.2) is 6.10 Å². The number of hydrogen-bond acceptors (Lipinski definition) is 10. The number of cyclic esters (lactones) is 1. The zero-order chi connectivity index (χ0) is 23.6. The Balaban J connectivity index is 1.61. The molecule has 1 fully saturated rings. The number of carbonyl (C=O) groups excluding carboxylic acids is 1. The maximum absolute atomic E-state index is 13.3. The number of ether oxygens (including phenoxy) is 2. The van der Waals surface area contributed by atoms with Crippen LogP contribution in [0.2, 0.25) is 0 Å². The summed E-state index contributed by atoms with van der Waals surface area (Å²) in [5.74, 6) is -1.05. The summed E-state index contributed by atoms with van der Waals surface area (Å²) in [6.07, 6.45) is -0.424. The van der Waals surface area contributed by atoms with Crippen molar-refractivity contribution in [2.24, 2.45) is 5.16 Å². The molecular formula is C22H16N4O8. The van der Waals surface area contributed by atoms with Crippen LogP contribution in [0.25, 0.3) is 22.3 Å². The average Bonchev–Trinajstić information content (AvgIpc) is 3.58. The van der Waals surface area contributed by atoms with Gasteiger partial charge in [-0.25, -0.2) is 9.78 Å². The van der Waals surface area contributed by atoms with E-state index in [4.69, 9.17) is 14.3 Å². The zero-order valence-corrected chi connectivity index (χ0v) is 17.5. The molecule has 6 rings (SSSR count). The molecule has 1 saturated heterocycles. The van der Waals surface area contributed by atoms with Gasteiger partial charge in [0, 0.05) is 16.5 Å². The van der Waals surface area contributed by atoms with Crippen LogP contribution >= 0.6 is 0 Å². The molecule has 3 aromatic rings. The summed E-state index contributed by atoms with van der Waals surface area (Å²) in [6.45, 7) is 0.453. The highest BCUT2D eigenvalue weighted by Gasteiger charge is 2.43. The molecule has 5 heterocycles. The first-order chi connectivity index (χ1) is 16.5. The summed E-state index contributed by atoms with van der Waals surface area (Å²) in [5.41, 5.74) is 0.221. The number of rotatable bonds is 5. The topological polar surface area (TPSA) is 159 Å². The number of carbonyl (C=O) groups is 1. The highest BCUT2D eigenvalue weighted by Crippen LogP contribution is 2.44. The number of nitro groups is 1. The van der Waals surface area contributed by atoms with Crippen LogP contribution < -0.4 is 5.56 Å². The summed E-state index contributed by atoms with van der Waals surface area (Å²) >= 11 is 0. The number of epoxide rings is 1. The summed E-state index contributed by atoms with van der Waals surface area (Å²) in [5, 5.41) is 27.3. The predicted octanol–water partition coefficient (Wildman–Crippen LogP) is 1.17. The summed E-state index contributed by atoms with van der Waals surface area (Å²) in [7, 11) is 0. The number of oxime groups is 1. The van der Waals surface area contributed by atoms with Crippen molar-refractivity contribution in [2.75, 3.05) is 13.2 Å². The van der Waals surface area contributed by atoms with E-state index in [2.05, 4.69) is 10.1 Å². The normalized spacial score (nSPS) is 20.1. The number of benzene rings is 1. The second kappa shape index (κ2) is 7.43. The van der Waals surface area contributed by atoms with E-state index in [1.807, 2.05) is 12.1 Å². The quantitative estimate of drug-likeness (QED) is 0.150. The number of aromatic nitrogens is 2. The van der Waals surface area contributed by atoms with E-state index in [0.717, 1.165) is 5.39 Å². The molecule has 34 heavy (non-hydrogen) atoms. The average molecular weight is 464 g/mol. The van der Waals surface area contributed by atoms with Crippen LogP contribution in [0.1, 0.15) is 28.4 Å². The van der Waals surface area contributed by atoms with Gasteiger partial charge < -0.3 is 19.4 Å². The van der Waals surface area contributed by atoms with Crippen LogP contribution in [0.3, 0.4) is 0 Å². The Morgan fingerprint density at radius 3 is 2.88 bits per heavy atom. The van der Waals surface area contributed by atoms with Gasteiger partial charge in [0.1, 0.15) is 30.7 Å². The van der Waals surface area contributed by atoms with Gasteiger partial charge in [-0.1, -0.05) is 23.4 Å². The highest BCUT2D eigenvalue weighted by molar-refractivity contribution is 6.03. The first kappa shape index (κ1) is 20.4. The van der Waals surface area contributed by atoms with Gasteiger partial charge in [-0.05, 0) is 6.07 Å². The van der Waals surface area contributed by atoms with E-state index in [0.29, 0.717) is 29.9 Å². The summed E-state index contributed by atoms with van der Waals surface area (Å²) in [6, 6.07) is 7.16. The van der Waals surface area contributed by atoms with Crippen molar-refractivity contribution >= 4 is 28.8 Å². The molecule has 0 bridgehead atoms. The van der Waals surface area contributed by atoms with Crippen molar-refractivity contribution < 1.29 is 29.1 Å². The fourth-order valence-corrected chi connectivity index (χ4v) is 4.45. The molecule has 2 unspecified atom stereocenters. The molecule has 12 nitrogen and oxygen atoms in total. The molecule has 12 heteroatoms. The monoisotopic (exact) mass is 464 g/mol. The van der Waals surface area contributed by atoms with Gasteiger partial charge in [0.25, 0.3) is 5.56 Å². The Hall–Kier alpha value is -4.16. The number of aliphatic hydroxyl groups is 1. The lowest BCUT2D eigenvalue weighted by Crippen LogP contribution is -2.33. The Morgan fingerprint density at radius 2 is 2.12 bits per heavy atom. The molecule has 3 aliphatic heterocycles. The predicted molar refractivity (Wildman–Crippen MR) is 115 cm³/mol. The van der Waals surface area contributed by atoms with Gasteiger partial charge >= 0.3 is 11.7 Å². The van der Waals surface area contributed by atoms with E-state index >= 15 is 0 Å². The van der Waals surface area contributed by atoms with Gasteiger partial charge in [0.2, 0.25) is 0 Å². The largest absolute Gasteiger partial charge is 0.458 e. The number of nitrogens with zero attached hydrogens (tertiary/aromatic N) is 4. The van der Waals surface area contributed by atoms with Crippen molar-refractivity contribution in [3.8, 4) is 11.4 Å². The number of pyridine rings is 2. The van der Waals surface area contributed by atoms with Crippen molar-refractivity contribution in [3.63, 3.8) is 0 Å². The number of esters is 1. The van der Waals surface area contributed by atoms with Crippen molar-refractivity contribution in [2.45, 2.75) is 25.4 Å². The molecule has 2 aromatic heterocycles. The van der Waals surface area contributed by atoms with Gasteiger partial charge in [0.05, 0.1) is 40.9 Å². The Morgan fingerprint density at radius 1 is 1.32 bits per heavy atom. The van der Waals surface area contributed by atoms with Crippen molar-refractivity contribution in [3.05, 3.63) is 67.0 Å². The van der Waals surface area contributed by atoms with Crippen LogP contribution in [0, 0.1) is 10.1 Å². The third-order valence-corrected chi connectivity index (χ3v) is 6.11. The lowest BCUT2D eigenvalue weighted by atomic mass is 9.96. The zero-order valence-electron chi connectivity index (χ0n) is 17.5. The Labute approximate surface area is 190 Å². The van der Waals surface area contributed by atoms with Gasteiger partial charge in [-0.3, -0.25) is 19.5 Å². The third-order valence-electron chi connectivity index (χ3n) is 6.11. The van der Waals surface area contributed by atoms with Gasteiger partial charge in [-0.2, -0.15) is 0 Å². The van der Waals surface area contributed by atoms with Crippen LogP contribution in [0.15, 0.2) is 34.2 Å². The molecule has 1 N–H and O–H groups in total. The lowest BCUT2D eigenvalue weighted by molar-refractivity contribution is -0.385. The lowest BCUT2D eigenvalue weighted by Gasteiger charge is -2.21. The van der Waals surface area contributed by atoms with Crippen molar-refractivity contribution in [1.29, 1.82) is 0 Å². The molecule has 3 aliphatic rings. The fraction of sp³-hybridized carbons (Fsp3) is 0.273.